The van der Waals surface area contributed by atoms with E-state index >= 15 is 0 Å². The number of rotatable bonds is 3. The van der Waals surface area contributed by atoms with Crippen LogP contribution in [0.3, 0.4) is 0 Å². The van der Waals surface area contributed by atoms with Crippen LogP contribution in [0.4, 0.5) is 0 Å². The number of ether oxygens (including phenoxy) is 1. The van der Waals surface area contributed by atoms with E-state index in [0.717, 1.165) is 0 Å². The molecule has 0 fully saturated rings. The van der Waals surface area contributed by atoms with Gasteiger partial charge in [-0.2, -0.15) is 0 Å². The minimum absolute atomic E-state index is 0.196. The zero-order valence-electron chi connectivity index (χ0n) is 10.8. The van der Waals surface area contributed by atoms with Gasteiger partial charge in [-0.1, -0.05) is 13.8 Å². The van der Waals surface area contributed by atoms with Crippen molar-refractivity contribution in [3.63, 3.8) is 0 Å². The topological polar surface area (TPSA) is 31.2 Å². The van der Waals surface area contributed by atoms with E-state index in [2.05, 4.69) is 13.8 Å². The Morgan fingerprint density at radius 3 is 2.50 bits per heavy atom. The van der Waals surface area contributed by atoms with Gasteiger partial charge in [-0.3, -0.25) is 4.79 Å². The molecule has 1 aromatic heterocycles. The molecule has 0 saturated heterocycles. The normalized spacial score (nSPS) is 11.9. The first-order chi connectivity index (χ1) is 7.28. The highest BCUT2D eigenvalue weighted by molar-refractivity contribution is 5.69. The van der Waals surface area contributed by atoms with Crippen LogP contribution in [0, 0.1) is 0 Å². The lowest BCUT2D eigenvalue weighted by Gasteiger charge is -2.19. The number of carbonyl (C=O) groups is 1. The summed E-state index contributed by atoms with van der Waals surface area (Å²) in [6, 6.07) is 2.04. The fraction of sp³-hybridized carbons (Fsp3) is 0.615. The Bertz CT molecular complexity index is 358. The van der Waals surface area contributed by atoms with E-state index < -0.39 is 5.60 Å². The van der Waals surface area contributed by atoms with Crippen LogP contribution >= 0.6 is 0 Å². The molecular formula is C13H21NO2. The van der Waals surface area contributed by atoms with Gasteiger partial charge in [0.05, 0.1) is 0 Å². The lowest BCUT2D eigenvalue weighted by Crippen LogP contribution is -2.26. The summed E-state index contributed by atoms with van der Waals surface area (Å²) in [7, 11) is 0. The average Bonchev–Trinajstić information content (AvgIpc) is 2.48. The smallest absolute Gasteiger partial charge is 0.326 e. The quantitative estimate of drug-likeness (QED) is 0.738. The fourth-order valence-corrected chi connectivity index (χ4v) is 1.42. The maximum Gasteiger partial charge on any atom is 0.326 e. The molecule has 0 spiro atoms. The molecule has 0 radical (unpaired) electrons. The fourth-order valence-electron chi connectivity index (χ4n) is 1.42. The SMILES string of the molecule is CC(C)c1ccn(CC(=O)OC(C)(C)C)c1. The Morgan fingerprint density at radius 1 is 1.44 bits per heavy atom. The Kier molecular flexibility index (Phi) is 3.79. The first kappa shape index (κ1) is 12.8. The number of hydrogen-bond acceptors (Lipinski definition) is 2. The van der Waals surface area contributed by atoms with Crippen molar-refractivity contribution in [1.29, 1.82) is 0 Å². The van der Waals surface area contributed by atoms with Crippen LogP contribution in [0.2, 0.25) is 0 Å². The van der Waals surface area contributed by atoms with Crippen LogP contribution in [0.15, 0.2) is 18.5 Å². The summed E-state index contributed by atoms with van der Waals surface area (Å²) in [5.41, 5.74) is 0.828. The van der Waals surface area contributed by atoms with Crippen molar-refractivity contribution in [2.24, 2.45) is 0 Å². The van der Waals surface area contributed by atoms with Crippen molar-refractivity contribution in [2.45, 2.75) is 52.7 Å². The van der Waals surface area contributed by atoms with Gasteiger partial charge in [-0.25, -0.2) is 0 Å². The number of nitrogens with zero attached hydrogens (tertiary/aromatic N) is 1. The first-order valence-corrected chi connectivity index (χ1v) is 5.65. The molecule has 0 unspecified atom stereocenters. The molecule has 0 aliphatic carbocycles. The summed E-state index contributed by atoms with van der Waals surface area (Å²) in [6.45, 7) is 10.2. The van der Waals surface area contributed by atoms with Crippen LogP contribution < -0.4 is 0 Å². The van der Waals surface area contributed by atoms with Crippen LogP contribution in [-0.4, -0.2) is 16.1 Å². The molecule has 16 heavy (non-hydrogen) atoms. The van der Waals surface area contributed by atoms with E-state index in [0.29, 0.717) is 5.92 Å². The van der Waals surface area contributed by atoms with E-state index in [4.69, 9.17) is 4.74 Å². The molecule has 90 valence electrons. The molecule has 1 aromatic rings. The van der Waals surface area contributed by atoms with Gasteiger partial charge >= 0.3 is 5.97 Å². The van der Waals surface area contributed by atoms with E-state index in [1.165, 1.54) is 5.56 Å². The molecule has 0 atom stereocenters. The molecule has 3 heteroatoms. The third-order valence-electron chi connectivity index (χ3n) is 2.17. The molecule has 0 saturated carbocycles. The molecule has 0 bridgehead atoms. The molecule has 1 rings (SSSR count). The van der Waals surface area contributed by atoms with Gasteiger partial charge in [0.2, 0.25) is 0 Å². The molecular weight excluding hydrogens is 202 g/mol. The van der Waals surface area contributed by atoms with Gasteiger partial charge in [0.1, 0.15) is 12.1 Å². The Morgan fingerprint density at radius 2 is 2.06 bits per heavy atom. The molecule has 1 heterocycles. The van der Waals surface area contributed by atoms with Crippen LogP contribution in [-0.2, 0) is 16.1 Å². The van der Waals surface area contributed by atoms with Gasteiger partial charge in [0.15, 0.2) is 0 Å². The third kappa shape index (κ3) is 4.09. The summed E-state index contributed by atoms with van der Waals surface area (Å²) in [5, 5.41) is 0. The van der Waals surface area contributed by atoms with Crippen LogP contribution in [0.5, 0.6) is 0 Å². The third-order valence-corrected chi connectivity index (χ3v) is 2.17. The van der Waals surface area contributed by atoms with Gasteiger partial charge in [-0.05, 0) is 38.3 Å². The van der Waals surface area contributed by atoms with Crippen LogP contribution in [0.1, 0.15) is 46.1 Å². The second-order valence-electron chi connectivity index (χ2n) is 5.36. The molecule has 3 nitrogen and oxygen atoms in total. The number of hydrogen-bond donors (Lipinski definition) is 0. The number of esters is 1. The van der Waals surface area contributed by atoms with E-state index in [1.54, 1.807) is 0 Å². The zero-order chi connectivity index (χ0) is 12.3. The first-order valence-electron chi connectivity index (χ1n) is 5.65. The molecule has 0 N–H and O–H groups in total. The molecule has 0 aliphatic rings. The lowest BCUT2D eigenvalue weighted by atomic mass is 10.1. The molecule has 0 aliphatic heterocycles. The van der Waals surface area contributed by atoms with Gasteiger partial charge in [0, 0.05) is 12.4 Å². The maximum absolute atomic E-state index is 11.6. The Hall–Kier alpha value is -1.25. The summed E-state index contributed by atoms with van der Waals surface area (Å²) < 4.78 is 7.12. The largest absolute Gasteiger partial charge is 0.459 e. The monoisotopic (exact) mass is 223 g/mol. The summed E-state index contributed by atoms with van der Waals surface area (Å²) >= 11 is 0. The predicted octanol–water partition coefficient (Wildman–Crippen LogP) is 2.95. The molecule has 0 aromatic carbocycles. The highest BCUT2D eigenvalue weighted by Crippen LogP contribution is 2.14. The maximum atomic E-state index is 11.6. The van der Waals surface area contributed by atoms with Crippen molar-refractivity contribution in [3.8, 4) is 0 Å². The van der Waals surface area contributed by atoms with Gasteiger partial charge in [-0.15, -0.1) is 0 Å². The minimum Gasteiger partial charge on any atom is -0.459 e. The van der Waals surface area contributed by atoms with E-state index in [-0.39, 0.29) is 12.5 Å². The Labute approximate surface area is 97.4 Å². The number of carbonyl (C=O) groups excluding carboxylic acids is 1. The van der Waals surface area contributed by atoms with E-state index in [1.807, 2.05) is 43.8 Å². The van der Waals surface area contributed by atoms with Crippen molar-refractivity contribution in [1.82, 2.24) is 4.57 Å². The predicted molar refractivity (Wildman–Crippen MR) is 64.4 cm³/mol. The summed E-state index contributed by atoms with van der Waals surface area (Å²) in [5.74, 6) is 0.290. The van der Waals surface area contributed by atoms with Crippen molar-refractivity contribution in [3.05, 3.63) is 24.0 Å². The van der Waals surface area contributed by atoms with Crippen molar-refractivity contribution >= 4 is 5.97 Å². The molecule has 0 amide bonds. The highest BCUT2D eigenvalue weighted by atomic mass is 16.6. The summed E-state index contributed by atoms with van der Waals surface area (Å²) in [6.07, 6.45) is 3.91. The minimum atomic E-state index is -0.412. The second kappa shape index (κ2) is 4.73. The highest BCUT2D eigenvalue weighted by Gasteiger charge is 2.16. The van der Waals surface area contributed by atoms with Crippen molar-refractivity contribution < 1.29 is 9.53 Å². The second-order valence-corrected chi connectivity index (χ2v) is 5.36. The zero-order valence-corrected chi connectivity index (χ0v) is 10.8. The standard InChI is InChI=1S/C13H21NO2/c1-10(2)11-6-7-14(8-11)9-12(15)16-13(3,4)5/h6-8,10H,9H2,1-5H3. The number of aromatic nitrogens is 1. The van der Waals surface area contributed by atoms with Gasteiger partial charge in [0.25, 0.3) is 0 Å². The van der Waals surface area contributed by atoms with E-state index in [9.17, 15) is 4.79 Å². The Balaban J connectivity index is 2.57. The summed E-state index contributed by atoms with van der Waals surface area (Å²) in [4.78, 5) is 11.6. The average molecular weight is 223 g/mol. The lowest BCUT2D eigenvalue weighted by molar-refractivity contribution is -0.155. The van der Waals surface area contributed by atoms with Crippen LogP contribution in [0.25, 0.3) is 0 Å². The van der Waals surface area contributed by atoms with Crippen molar-refractivity contribution in [2.75, 3.05) is 0 Å². The van der Waals surface area contributed by atoms with Gasteiger partial charge < -0.3 is 9.30 Å².